The molecule has 2 heterocycles. The Bertz CT molecular complexity index is 1620. The SMILES string of the molecule is CC(C)(C)OC(=O)[C@@H]1CCCN1C[C@@H]1C[C@H](c2ccc(CO)cc2)O[C@H](c2cccc(NC(=O)CCCCCC(=O)Nc3ccccc3N)c2)O1. The number of aliphatic hydroxyl groups is 1. The first-order valence-electron chi connectivity index (χ1n) is 18.0. The third-order valence-electron chi connectivity index (χ3n) is 9.08. The number of benzene rings is 3. The number of rotatable bonds is 14. The third-order valence-corrected chi connectivity index (χ3v) is 9.08. The van der Waals surface area contributed by atoms with E-state index in [0.717, 1.165) is 42.5 Å². The van der Waals surface area contributed by atoms with Crippen LogP contribution in [-0.4, -0.2) is 58.6 Å². The summed E-state index contributed by atoms with van der Waals surface area (Å²) in [5.41, 5.74) is 9.67. The van der Waals surface area contributed by atoms with E-state index in [1.165, 1.54) is 0 Å². The van der Waals surface area contributed by atoms with Crippen LogP contribution in [0, 0.1) is 0 Å². The first-order chi connectivity index (χ1) is 24.5. The van der Waals surface area contributed by atoms with Crippen LogP contribution in [0.1, 0.15) is 101 Å². The molecule has 2 amide bonds. The highest BCUT2D eigenvalue weighted by molar-refractivity contribution is 5.93. The van der Waals surface area contributed by atoms with Crippen LogP contribution >= 0.6 is 0 Å². The minimum atomic E-state index is -0.705. The van der Waals surface area contributed by atoms with E-state index >= 15 is 0 Å². The second-order valence-electron chi connectivity index (χ2n) is 14.4. The number of ether oxygens (including phenoxy) is 3. The van der Waals surface area contributed by atoms with Gasteiger partial charge in [0.05, 0.1) is 30.2 Å². The lowest BCUT2D eigenvalue weighted by molar-refractivity contribution is -0.253. The van der Waals surface area contributed by atoms with Gasteiger partial charge in [0.1, 0.15) is 11.6 Å². The van der Waals surface area contributed by atoms with Crippen LogP contribution in [0.2, 0.25) is 0 Å². The fraction of sp³-hybridized carbons (Fsp3) is 0.475. The molecule has 2 aliphatic rings. The standard InChI is InChI=1S/C40H52N4O7/c1-40(2,3)51-38(48)34-15-10-22-44(34)25-31-24-35(28-20-18-27(26-45)19-21-28)50-39(49-31)29-11-9-12-30(23-29)42-36(46)16-5-4-6-17-37(47)43-33-14-8-7-13-32(33)41/h7-9,11-14,18-21,23,31,34-35,39,45H,4-6,10,15-17,22,24-26,41H2,1-3H3,(H,42,46)(H,43,47)/t31-,34-,35+,39+/m0/s1. The second-order valence-corrected chi connectivity index (χ2v) is 14.4. The van der Waals surface area contributed by atoms with Crippen molar-refractivity contribution in [2.45, 2.75) is 109 Å². The number of nitrogens with one attached hydrogen (secondary N) is 2. The molecule has 2 saturated heterocycles. The van der Waals surface area contributed by atoms with E-state index in [9.17, 15) is 19.5 Å². The number of amides is 2. The number of nitrogen functional groups attached to an aromatic ring is 1. The lowest BCUT2D eigenvalue weighted by Gasteiger charge is -2.38. The molecule has 0 bridgehead atoms. The van der Waals surface area contributed by atoms with Gasteiger partial charge in [-0.3, -0.25) is 19.3 Å². The molecule has 3 aromatic rings. The Kier molecular flexibility index (Phi) is 13.2. The number of likely N-dealkylation sites (tertiary alicyclic amines) is 1. The molecular formula is C40H52N4O7. The van der Waals surface area contributed by atoms with Gasteiger partial charge in [-0.1, -0.05) is 55.0 Å². The normalized spacial score (nSPS) is 20.9. The number of unbranched alkanes of at least 4 members (excludes halogenated alkanes) is 2. The summed E-state index contributed by atoms with van der Waals surface area (Å²) in [6.45, 7) is 6.94. The van der Waals surface area contributed by atoms with Crippen LogP contribution in [0.15, 0.2) is 72.8 Å². The molecule has 51 heavy (non-hydrogen) atoms. The van der Waals surface area contributed by atoms with Gasteiger partial charge < -0.3 is 35.7 Å². The molecule has 0 unspecified atom stereocenters. The Morgan fingerprint density at radius 3 is 2.33 bits per heavy atom. The number of esters is 1. The van der Waals surface area contributed by atoms with Crippen molar-refractivity contribution in [3.05, 3.63) is 89.5 Å². The first kappa shape index (κ1) is 38.0. The summed E-state index contributed by atoms with van der Waals surface area (Å²) in [5.74, 6) is -0.417. The summed E-state index contributed by atoms with van der Waals surface area (Å²) in [5, 5.41) is 15.4. The monoisotopic (exact) mass is 700 g/mol. The fourth-order valence-corrected chi connectivity index (χ4v) is 6.53. The van der Waals surface area contributed by atoms with Gasteiger partial charge in [0, 0.05) is 37.1 Å². The van der Waals surface area contributed by atoms with E-state index < -0.39 is 11.9 Å². The average molecular weight is 701 g/mol. The minimum Gasteiger partial charge on any atom is -0.459 e. The maximum Gasteiger partial charge on any atom is 0.323 e. The number of nitrogens with zero attached hydrogens (tertiary/aromatic N) is 1. The van der Waals surface area contributed by atoms with Gasteiger partial charge in [-0.25, -0.2) is 0 Å². The number of carbonyl (C=O) groups excluding carboxylic acids is 3. The van der Waals surface area contributed by atoms with E-state index in [1.807, 2.05) is 81.4 Å². The van der Waals surface area contributed by atoms with Gasteiger partial charge in [0.15, 0.2) is 6.29 Å². The molecule has 274 valence electrons. The van der Waals surface area contributed by atoms with Crippen LogP contribution in [-0.2, 0) is 35.2 Å². The molecule has 0 aliphatic carbocycles. The zero-order valence-corrected chi connectivity index (χ0v) is 29.9. The molecule has 0 saturated carbocycles. The zero-order valence-electron chi connectivity index (χ0n) is 29.9. The van der Waals surface area contributed by atoms with Crippen molar-refractivity contribution in [2.24, 2.45) is 0 Å². The number of hydrogen-bond acceptors (Lipinski definition) is 9. The van der Waals surface area contributed by atoms with E-state index in [-0.39, 0.29) is 42.6 Å². The van der Waals surface area contributed by atoms with Crippen LogP contribution in [0.25, 0.3) is 0 Å². The van der Waals surface area contributed by atoms with E-state index in [4.69, 9.17) is 19.9 Å². The van der Waals surface area contributed by atoms with Crippen LogP contribution in [0.5, 0.6) is 0 Å². The molecule has 0 radical (unpaired) electrons. The first-order valence-corrected chi connectivity index (χ1v) is 18.0. The van der Waals surface area contributed by atoms with Gasteiger partial charge >= 0.3 is 5.97 Å². The number of aliphatic hydroxyl groups excluding tert-OH is 1. The van der Waals surface area contributed by atoms with E-state index in [2.05, 4.69) is 15.5 Å². The predicted octanol–water partition coefficient (Wildman–Crippen LogP) is 6.64. The van der Waals surface area contributed by atoms with Gasteiger partial charge in [0.25, 0.3) is 0 Å². The Morgan fingerprint density at radius 1 is 0.902 bits per heavy atom. The molecule has 11 heteroatoms. The molecule has 5 rings (SSSR count). The lowest BCUT2D eigenvalue weighted by atomic mass is 9.99. The topological polar surface area (TPSA) is 152 Å². The summed E-state index contributed by atoms with van der Waals surface area (Å²) < 4.78 is 18.8. The van der Waals surface area contributed by atoms with Gasteiger partial charge in [-0.15, -0.1) is 0 Å². The van der Waals surface area contributed by atoms with Crippen LogP contribution in [0.3, 0.4) is 0 Å². The number of carbonyl (C=O) groups is 3. The van der Waals surface area contributed by atoms with E-state index in [1.54, 1.807) is 12.1 Å². The second kappa shape index (κ2) is 17.8. The third kappa shape index (κ3) is 11.4. The van der Waals surface area contributed by atoms with Crippen molar-refractivity contribution in [1.82, 2.24) is 4.90 Å². The number of hydrogen-bond donors (Lipinski definition) is 4. The van der Waals surface area contributed by atoms with Crippen molar-refractivity contribution in [1.29, 1.82) is 0 Å². The van der Waals surface area contributed by atoms with Crippen molar-refractivity contribution in [3.8, 4) is 0 Å². The van der Waals surface area contributed by atoms with Crippen molar-refractivity contribution >= 4 is 34.8 Å². The Balaban J connectivity index is 1.18. The molecule has 0 spiro atoms. The molecule has 3 aromatic carbocycles. The number of para-hydroxylation sites is 2. The summed E-state index contributed by atoms with van der Waals surface area (Å²) >= 11 is 0. The molecule has 2 aliphatic heterocycles. The summed E-state index contributed by atoms with van der Waals surface area (Å²) in [6, 6.07) is 22.0. The lowest BCUT2D eigenvalue weighted by Crippen LogP contribution is -2.45. The molecule has 5 N–H and O–H groups in total. The zero-order chi connectivity index (χ0) is 36.4. The van der Waals surface area contributed by atoms with Crippen molar-refractivity contribution < 1.29 is 33.7 Å². The van der Waals surface area contributed by atoms with E-state index in [0.29, 0.717) is 55.7 Å². The molecule has 0 aromatic heterocycles. The van der Waals surface area contributed by atoms with Gasteiger partial charge in [-0.05, 0) is 88.4 Å². The summed E-state index contributed by atoms with van der Waals surface area (Å²) in [4.78, 5) is 40.4. The van der Waals surface area contributed by atoms with Crippen LogP contribution in [0.4, 0.5) is 17.1 Å². The van der Waals surface area contributed by atoms with Crippen molar-refractivity contribution in [3.63, 3.8) is 0 Å². The highest BCUT2D eigenvalue weighted by atomic mass is 16.7. The maximum atomic E-state index is 13.1. The Hall–Kier alpha value is -4.29. The smallest absolute Gasteiger partial charge is 0.323 e. The molecule has 4 atom stereocenters. The summed E-state index contributed by atoms with van der Waals surface area (Å²) in [6.07, 6.45) is 3.76. The minimum absolute atomic E-state index is 0.0401. The summed E-state index contributed by atoms with van der Waals surface area (Å²) in [7, 11) is 0. The number of anilines is 3. The van der Waals surface area contributed by atoms with Gasteiger partial charge in [0.2, 0.25) is 11.8 Å². The van der Waals surface area contributed by atoms with Crippen LogP contribution < -0.4 is 16.4 Å². The quantitative estimate of drug-likeness (QED) is 0.0824. The molecular weight excluding hydrogens is 648 g/mol. The highest BCUT2D eigenvalue weighted by Crippen LogP contribution is 2.39. The fourth-order valence-electron chi connectivity index (χ4n) is 6.53. The predicted molar refractivity (Wildman–Crippen MR) is 197 cm³/mol. The largest absolute Gasteiger partial charge is 0.459 e. The Labute approximate surface area is 300 Å². The Morgan fingerprint density at radius 2 is 1.63 bits per heavy atom. The molecule has 11 nitrogen and oxygen atoms in total. The van der Waals surface area contributed by atoms with Gasteiger partial charge in [-0.2, -0.15) is 0 Å². The maximum absolute atomic E-state index is 13.1. The average Bonchev–Trinajstić information content (AvgIpc) is 3.57. The highest BCUT2D eigenvalue weighted by Gasteiger charge is 2.39. The van der Waals surface area contributed by atoms with Crippen molar-refractivity contribution in [2.75, 3.05) is 29.5 Å². The number of nitrogens with two attached hydrogens (primary N) is 1. The molecule has 2 fully saturated rings.